The normalized spacial score (nSPS) is 9.67. The van der Waals surface area contributed by atoms with E-state index in [9.17, 15) is 9.59 Å². The first kappa shape index (κ1) is 11.2. The van der Waals surface area contributed by atoms with Crippen LogP contribution in [0.5, 0.6) is 0 Å². The molecule has 0 spiro atoms. The van der Waals surface area contributed by atoms with Crippen LogP contribution in [0.3, 0.4) is 0 Å². The summed E-state index contributed by atoms with van der Waals surface area (Å²) in [5.41, 5.74) is 0.193. The number of nitrogens with one attached hydrogen (secondary N) is 2. The molecule has 7 nitrogen and oxygen atoms in total. The second-order valence-corrected chi connectivity index (χ2v) is 2.67. The van der Waals surface area contributed by atoms with Gasteiger partial charge in [-0.15, -0.1) is 0 Å². The molecule has 0 saturated carbocycles. The molecule has 1 rings (SSSR count). The van der Waals surface area contributed by atoms with E-state index in [2.05, 4.69) is 20.7 Å². The Kier molecular flexibility index (Phi) is 4.27. The third-order valence-electron chi connectivity index (χ3n) is 1.57. The van der Waals surface area contributed by atoms with Crippen molar-refractivity contribution < 1.29 is 14.3 Å². The highest BCUT2D eigenvalue weighted by Crippen LogP contribution is 1.89. The lowest BCUT2D eigenvalue weighted by Crippen LogP contribution is -2.26. The van der Waals surface area contributed by atoms with Crippen molar-refractivity contribution in [2.24, 2.45) is 0 Å². The summed E-state index contributed by atoms with van der Waals surface area (Å²) >= 11 is 0. The van der Waals surface area contributed by atoms with Gasteiger partial charge in [0.15, 0.2) is 5.69 Å². The molecule has 0 unspecified atom stereocenters. The smallest absolute Gasteiger partial charge is 0.307 e. The van der Waals surface area contributed by atoms with Gasteiger partial charge < -0.3 is 10.1 Å². The van der Waals surface area contributed by atoms with Gasteiger partial charge in [-0.25, -0.2) is 0 Å². The van der Waals surface area contributed by atoms with Crippen LogP contribution in [0, 0.1) is 0 Å². The fourth-order valence-electron chi connectivity index (χ4n) is 0.913. The zero-order chi connectivity index (χ0) is 11.1. The molecule has 7 heteroatoms. The number of amides is 1. The van der Waals surface area contributed by atoms with Gasteiger partial charge >= 0.3 is 5.97 Å². The maximum Gasteiger partial charge on any atom is 0.307 e. The van der Waals surface area contributed by atoms with Gasteiger partial charge in [-0.1, -0.05) is 0 Å². The lowest BCUT2D eigenvalue weighted by molar-refractivity contribution is -0.142. The summed E-state index contributed by atoms with van der Waals surface area (Å²) in [5, 5.41) is 11.9. The Morgan fingerprint density at radius 2 is 2.40 bits per heavy atom. The van der Waals surface area contributed by atoms with E-state index in [1.165, 1.54) is 6.20 Å². The van der Waals surface area contributed by atoms with Crippen LogP contribution in [0.4, 0.5) is 0 Å². The highest BCUT2D eigenvalue weighted by molar-refractivity contribution is 5.91. The van der Waals surface area contributed by atoms with Crippen molar-refractivity contribution in [1.29, 1.82) is 0 Å². The van der Waals surface area contributed by atoms with Gasteiger partial charge in [0.2, 0.25) is 0 Å². The van der Waals surface area contributed by atoms with E-state index in [1.54, 1.807) is 6.92 Å². The molecule has 82 valence electrons. The van der Waals surface area contributed by atoms with Gasteiger partial charge in [-0.05, 0) is 6.92 Å². The number of hydrogen-bond donors (Lipinski definition) is 2. The maximum atomic E-state index is 11.3. The molecule has 0 atom stereocenters. The molecule has 0 aromatic carbocycles. The van der Waals surface area contributed by atoms with Crippen LogP contribution in [-0.2, 0) is 9.53 Å². The van der Waals surface area contributed by atoms with Gasteiger partial charge in [0, 0.05) is 6.54 Å². The largest absolute Gasteiger partial charge is 0.466 e. The number of ether oxygens (including phenoxy) is 1. The summed E-state index contributed by atoms with van der Waals surface area (Å²) in [6, 6.07) is 0. The molecule has 1 aromatic rings. The van der Waals surface area contributed by atoms with E-state index in [4.69, 9.17) is 4.74 Å². The first-order valence-electron chi connectivity index (χ1n) is 4.53. The van der Waals surface area contributed by atoms with Crippen molar-refractivity contribution in [2.45, 2.75) is 13.3 Å². The van der Waals surface area contributed by atoms with Crippen molar-refractivity contribution in [3.8, 4) is 0 Å². The lowest BCUT2D eigenvalue weighted by Gasteiger charge is -2.02. The van der Waals surface area contributed by atoms with Crippen LogP contribution in [0.25, 0.3) is 0 Å². The molecule has 2 N–H and O–H groups in total. The van der Waals surface area contributed by atoms with Crippen LogP contribution in [0.1, 0.15) is 23.8 Å². The number of H-pyrrole nitrogens is 1. The minimum Gasteiger partial charge on any atom is -0.466 e. The van der Waals surface area contributed by atoms with E-state index in [0.717, 1.165) is 0 Å². The van der Waals surface area contributed by atoms with Gasteiger partial charge in [-0.3, -0.25) is 9.59 Å². The molecule has 0 fully saturated rings. The number of carbonyl (C=O) groups is 2. The third kappa shape index (κ3) is 3.75. The van der Waals surface area contributed by atoms with E-state index < -0.39 is 0 Å². The van der Waals surface area contributed by atoms with Crippen molar-refractivity contribution >= 4 is 11.9 Å². The molecule has 1 amide bonds. The van der Waals surface area contributed by atoms with E-state index in [-0.39, 0.29) is 30.5 Å². The molecular formula is C8H12N4O3. The number of nitrogens with zero attached hydrogens (tertiary/aromatic N) is 2. The molecular weight excluding hydrogens is 200 g/mol. The van der Waals surface area contributed by atoms with Gasteiger partial charge in [0.25, 0.3) is 5.91 Å². The molecule has 15 heavy (non-hydrogen) atoms. The number of rotatable bonds is 5. The monoisotopic (exact) mass is 212 g/mol. The third-order valence-corrected chi connectivity index (χ3v) is 1.57. The topological polar surface area (TPSA) is 97.0 Å². The zero-order valence-corrected chi connectivity index (χ0v) is 8.32. The van der Waals surface area contributed by atoms with Gasteiger partial charge in [-0.2, -0.15) is 15.4 Å². The van der Waals surface area contributed by atoms with Crippen LogP contribution in [0.15, 0.2) is 6.20 Å². The highest BCUT2D eigenvalue weighted by atomic mass is 16.5. The summed E-state index contributed by atoms with van der Waals surface area (Å²) in [6.07, 6.45) is 1.46. The summed E-state index contributed by atoms with van der Waals surface area (Å²) in [4.78, 5) is 22.2. The van der Waals surface area contributed by atoms with E-state index in [1.807, 2.05) is 0 Å². The summed E-state index contributed by atoms with van der Waals surface area (Å²) in [6.45, 7) is 2.30. The van der Waals surface area contributed by atoms with Gasteiger partial charge in [0.1, 0.15) is 0 Å². The van der Waals surface area contributed by atoms with Crippen molar-refractivity contribution in [1.82, 2.24) is 20.7 Å². The minimum atomic E-state index is -0.368. The molecule has 0 aliphatic heterocycles. The Hall–Kier alpha value is -1.92. The number of aromatic amines is 1. The quantitative estimate of drug-likeness (QED) is 0.640. The van der Waals surface area contributed by atoms with Gasteiger partial charge in [0.05, 0.1) is 19.2 Å². The van der Waals surface area contributed by atoms with E-state index in [0.29, 0.717) is 6.61 Å². The Morgan fingerprint density at radius 1 is 1.60 bits per heavy atom. The number of aromatic nitrogens is 3. The number of carbonyl (C=O) groups excluding carboxylic acids is 2. The molecule has 0 aliphatic rings. The van der Waals surface area contributed by atoms with Crippen molar-refractivity contribution in [2.75, 3.05) is 13.2 Å². The van der Waals surface area contributed by atoms with Crippen LogP contribution in [0.2, 0.25) is 0 Å². The molecule has 1 heterocycles. The first-order valence-corrected chi connectivity index (χ1v) is 4.53. The average molecular weight is 212 g/mol. The number of hydrogen-bond acceptors (Lipinski definition) is 5. The molecule has 0 bridgehead atoms. The van der Waals surface area contributed by atoms with Crippen LogP contribution >= 0.6 is 0 Å². The Morgan fingerprint density at radius 3 is 3.00 bits per heavy atom. The minimum absolute atomic E-state index is 0.150. The first-order chi connectivity index (χ1) is 7.24. The number of esters is 1. The second kappa shape index (κ2) is 5.74. The molecule has 0 aliphatic carbocycles. The Balaban J connectivity index is 2.21. The Bertz CT molecular complexity index is 323. The van der Waals surface area contributed by atoms with Crippen LogP contribution in [-0.4, -0.2) is 40.4 Å². The SMILES string of the molecule is CCOC(=O)CCNC(=O)c1cn[nH]n1. The fraction of sp³-hybridized carbons (Fsp3) is 0.500. The molecule has 0 saturated heterocycles. The summed E-state index contributed by atoms with van der Waals surface area (Å²) < 4.78 is 4.69. The maximum absolute atomic E-state index is 11.3. The summed E-state index contributed by atoms with van der Waals surface area (Å²) in [5.74, 6) is -0.703. The fourth-order valence-corrected chi connectivity index (χ4v) is 0.913. The zero-order valence-electron chi connectivity index (χ0n) is 8.32. The van der Waals surface area contributed by atoms with Crippen molar-refractivity contribution in [3.05, 3.63) is 11.9 Å². The highest BCUT2D eigenvalue weighted by Gasteiger charge is 2.08. The predicted molar refractivity (Wildman–Crippen MR) is 50.0 cm³/mol. The van der Waals surface area contributed by atoms with Crippen LogP contribution < -0.4 is 5.32 Å². The second-order valence-electron chi connectivity index (χ2n) is 2.67. The predicted octanol–water partition coefficient (Wildman–Crippen LogP) is -0.512. The Labute approximate surface area is 86.2 Å². The van der Waals surface area contributed by atoms with Crippen molar-refractivity contribution in [3.63, 3.8) is 0 Å². The molecule has 1 aromatic heterocycles. The standard InChI is InChI=1S/C8H12N4O3/c1-2-15-7(13)3-4-9-8(14)6-5-10-12-11-6/h5H,2-4H2,1H3,(H,9,14)(H,10,11,12). The average Bonchev–Trinajstić information content (AvgIpc) is 2.70. The lowest BCUT2D eigenvalue weighted by atomic mass is 10.4. The summed E-state index contributed by atoms with van der Waals surface area (Å²) in [7, 11) is 0. The molecule has 0 radical (unpaired) electrons. The van der Waals surface area contributed by atoms with E-state index >= 15 is 0 Å².